The minimum atomic E-state index is -4.91. The van der Waals surface area contributed by atoms with Crippen molar-refractivity contribution in [3.63, 3.8) is 0 Å². The third-order valence-electron chi connectivity index (χ3n) is 2.61. The lowest BCUT2D eigenvalue weighted by atomic mass is 10.2. The lowest BCUT2D eigenvalue weighted by Gasteiger charge is -2.34. The van der Waals surface area contributed by atoms with Crippen LogP contribution in [0.3, 0.4) is 0 Å². The van der Waals surface area contributed by atoms with Crippen molar-refractivity contribution in [3.05, 3.63) is 9.93 Å². The Labute approximate surface area is 125 Å². The molecule has 1 saturated heterocycles. The Bertz CT molecular complexity index is 519. The molecule has 0 aromatic rings. The molecule has 2 heterocycles. The number of rotatable bonds is 4. The van der Waals surface area contributed by atoms with Crippen LogP contribution >= 0.6 is 23.5 Å². The number of β-lactam (4-membered cyclic amide) rings is 1. The van der Waals surface area contributed by atoms with Crippen molar-refractivity contribution in [1.29, 1.82) is 0 Å². The number of halogens is 3. The first-order valence-electron chi connectivity index (χ1n) is 5.30. The van der Waals surface area contributed by atoms with Crippen LogP contribution in [0.15, 0.2) is 9.93 Å². The second kappa shape index (κ2) is 6.28. The van der Waals surface area contributed by atoms with Gasteiger partial charge in [-0.3, -0.25) is 14.5 Å². The molecule has 6 nitrogen and oxygen atoms in total. The fraction of sp³-hybridized carbons (Fsp3) is 0.500. The molecule has 0 saturated carbocycles. The van der Waals surface area contributed by atoms with Gasteiger partial charge in [-0.05, 0) is 0 Å². The Kier molecular flexibility index (Phi) is 5.34. The Morgan fingerprint density at radius 2 is 2.10 bits per heavy atom. The predicted octanol–water partition coefficient (Wildman–Crippen LogP) is 0.674. The Hall–Kier alpha value is -1.20. The van der Waals surface area contributed by atoms with E-state index in [1.54, 1.807) is 0 Å². The van der Waals surface area contributed by atoms with Crippen molar-refractivity contribution in [2.75, 3.05) is 12.9 Å². The van der Waals surface area contributed by atoms with Crippen molar-refractivity contribution < 1.29 is 37.8 Å². The normalized spacial score (nSPS) is 20.7. The lowest BCUT2D eigenvalue weighted by molar-refractivity contribution is -0.167. The summed E-state index contributed by atoms with van der Waals surface area (Å²) < 4.78 is 41.1. The van der Waals surface area contributed by atoms with E-state index in [0.717, 1.165) is 18.9 Å². The molecule has 2 N–H and O–H groups in total. The molecule has 0 unspecified atom stereocenters. The van der Waals surface area contributed by atoms with Crippen molar-refractivity contribution >= 4 is 41.2 Å². The van der Waals surface area contributed by atoms with Crippen LogP contribution in [0.4, 0.5) is 13.2 Å². The number of carbonyl (C=O) groups excluding carboxylic acids is 3. The molecule has 0 spiro atoms. The monoisotopic (exact) mass is 345 g/mol. The van der Waals surface area contributed by atoms with Gasteiger partial charge in [0, 0.05) is 0 Å². The van der Waals surface area contributed by atoms with Crippen LogP contribution in [0.25, 0.3) is 0 Å². The third-order valence-corrected chi connectivity index (χ3v) is 5.17. The Balaban J connectivity index is 0.00000220. The second-order valence-electron chi connectivity index (χ2n) is 3.88. The summed E-state index contributed by atoms with van der Waals surface area (Å²) in [5.41, 5.74) is -0.0706. The second-order valence-corrected chi connectivity index (χ2v) is 6.31. The molecule has 118 valence electrons. The fourth-order valence-corrected chi connectivity index (χ4v) is 4.24. The molecule has 1 atom stereocenters. The summed E-state index contributed by atoms with van der Waals surface area (Å²) in [7, 11) is 1.11. The largest absolute Gasteiger partial charge is 0.464 e. The van der Waals surface area contributed by atoms with E-state index >= 15 is 0 Å². The number of methoxy groups -OCH3 is 1. The molecule has 2 rings (SSSR count). The Morgan fingerprint density at radius 3 is 2.57 bits per heavy atom. The van der Waals surface area contributed by atoms with Crippen LogP contribution in [0.5, 0.6) is 0 Å². The van der Waals surface area contributed by atoms with E-state index < -0.39 is 23.7 Å². The van der Waals surface area contributed by atoms with E-state index in [9.17, 15) is 27.6 Å². The summed E-state index contributed by atoms with van der Waals surface area (Å²) in [4.78, 5) is 35.0. The molecule has 0 aliphatic carbocycles. The molecule has 1 fully saturated rings. The minimum Gasteiger partial charge on any atom is -0.464 e. The molecule has 0 aromatic carbocycles. The topological polar surface area (TPSA) is 95.2 Å². The first kappa shape index (κ1) is 17.9. The van der Waals surface area contributed by atoms with Crippen LogP contribution in [0, 0.1) is 0 Å². The summed E-state index contributed by atoms with van der Waals surface area (Å²) in [5.74, 6) is -3.81. The van der Waals surface area contributed by atoms with Gasteiger partial charge in [0.1, 0.15) is 0 Å². The fourth-order valence-electron chi connectivity index (χ4n) is 1.62. The van der Waals surface area contributed by atoms with Gasteiger partial charge in [0.2, 0.25) is 11.7 Å². The molecule has 21 heavy (non-hydrogen) atoms. The summed E-state index contributed by atoms with van der Waals surface area (Å²) in [6, 6.07) is 0. The summed E-state index contributed by atoms with van der Waals surface area (Å²) in [5, 5.41) is -0.292. The van der Waals surface area contributed by atoms with Gasteiger partial charge >= 0.3 is 12.1 Å². The molecular formula is C10H10F3NO5S2. The number of ketones is 1. The predicted molar refractivity (Wildman–Crippen MR) is 69.0 cm³/mol. The summed E-state index contributed by atoms with van der Waals surface area (Å²) in [6.07, 6.45) is -4.69. The average Bonchev–Trinajstić information content (AvgIpc) is 2.66. The zero-order chi connectivity index (χ0) is 15.1. The van der Waals surface area contributed by atoms with Gasteiger partial charge in [0.15, 0.2) is 5.70 Å². The first-order chi connectivity index (χ1) is 9.25. The van der Waals surface area contributed by atoms with Gasteiger partial charge < -0.3 is 10.2 Å². The van der Waals surface area contributed by atoms with Crippen LogP contribution in [-0.2, 0) is 19.1 Å². The lowest BCUT2D eigenvalue weighted by Crippen LogP contribution is -2.48. The summed E-state index contributed by atoms with van der Waals surface area (Å²) >= 11 is 1.69. The standard InChI is InChI=1S/C10H8F3NO4S2.H2O/c1-18-8(17)7-9(19-3-4(15)10(11,12)13)20-6-2-5(16)14(6)7;/h6H,2-3H2,1H3;1H2/t6-;/m0./s1. The van der Waals surface area contributed by atoms with Crippen molar-refractivity contribution in [1.82, 2.24) is 4.90 Å². The van der Waals surface area contributed by atoms with E-state index in [0.29, 0.717) is 11.8 Å². The van der Waals surface area contributed by atoms with Crippen molar-refractivity contribution in [2.24, 2.45) is 0 Å². The number of fused-ring (bicyclic) bond motifs is 1. The van der Waals surface area contributed by atoms with Crippen LogP contribution in [0.2, 0.25) is 0 Å². The summed E-state index contributed by atoms with van der Waals surface area (Å²) in [6.45, 7) is 0. The average molecular weight is 345 g/mol. The smallest absolute Gasteiger partial charge is 0.450 e. The highest BCUT2D eigenvalue weighted by Gasteiger charge is 2.49. The number of nitrogens with zero attached hydrogens (tertiary/aromatic N) is 1. The van der Waals surface area contributed by atoms with Crippen LogP contribution in [0.1, 0.15) is 6.42 Å². The van der Waals surface area contributed by atoms with Crippen LogP contribution in [-0.4, -0.2) is 52.4 Å². The molecule has 2 aliphatic heterocycles. The number of alkyl halides is 3. The molecule has 0 bridgehead atoms. The third kappa shape index (κ3) is 3.35. The molecule has 1 amide bonds. The van der Waals surface area contributed by atoms with Gasteiger partial charge in [0.05, 0.1) is 28.9 Å². The molecule has 0 radical (unpaired) electrons. The number of Topliss-reactive ketones (excluding diaryl/α,β-unsaturated/α-hetero) is 1. The maximum atomic E-state index is 12.1. The molecule has 2 aliphatic rings. The maximum Gasteiger partial charge on any atom is 0.450 e. The van der Waals surface area contributed by atoms with E-state index in [1.807, 2.05) is 0 Å². The van der Waals surface area contributed by atoms with Gasteiger partial charge in [-0.15, -0.1) is 11.8 Å². The highest BCUT2D eigenvalue weighted by Crippen LogP contribution is 2.50. The van der Waals surface area contributed by atoms with E-state index in [2.05, 4.69) is 4.74 Å². The SMILES string of the molecule is COC(=O)C1=C(SCC(=O)C(F)(F)F)S[C@H]2CC(=O)N12.O. The van der Waals surface area contributed by atoms with Gasteiger partial charge in [-0.25, -0.2) is 4.79 Å². The zero-order valence-corrected chi connectivity index (χ0v) is 12.2. The Morgan fingerprint density at radius 1 is 1.48 bits per heavy atom. The number of esters is 1. The highest BCUT2D eigenvalue weighted by atomic mass is 32.2. The number of hydrogen-bond donors (Lipinski definition) is 0. The van der Waals surface area contributed by atoms with Crippen molar-refractivity contribution in [2.45, 2.75) is 18.0 Å². The highest BCUT2D eigenvalue weighted by molar-refractivity contribution is 8.23. The van der Waals surface area contributed by atoms with E-state index in [4.69, 9.17) is 0 Å². The first-order valence-corrected chi connectivity index (χ1v) is 7.16. The number of hydrogen-bond acceptors (Lipinski definition) is 6. The minimum absolute atomic E-state index is 0. The number of amides is 1. The van der Waals surface area contributed by atoms with E-state index in [-0.39, 0.29) is 33.1 Å². The molecular weight excluding hydrogens is 335 g/mol. The number of ether oxygens (including phenoxy) is 1. The van der Waals surface area contributed by atoms with Gasteiger partial charge in [0.25, 0.3) is 0 Å². The van der Waals surface area contributed by atoms with Crippen LogP contribution < -0.4 is 0 Å². The number of carbonyl (C=O) groups is 3. The van der Waals surface area contributed by atoms with Gasteiger partial charge in [-0.2, -0.15) is 13.2 Å². The molecule has 0 aromatic heterocycles. The quantitative estimate of drug-likeness (QED) is 0.549. The van der Waals surface area contributed by atoms with E-state index in [1.165, 1.54) is 4.90 Å². The number of thioether (sulfide) groups is 2. The maximum absolute atomic E-state index is 12.1. The van der Waals surface area contributed by atoms with Crippen molar-refractivity contribution in [3.8, 4) is 0 Å². The zero-order valence-electron chi connectivity index (χ0n) is 10.5. The van der Waals surface area contributed by atoms with Gasteiger partial charge in [-0.1, -0.05) is 11.8 Å². The molecule has 11 heteroatoms.